The van der Waals surface area contributed by atoms with Gasteiger partial charge in [-0.25, -0.2) is 0 Å². The second-order valence-electron chi connectivity index (χ2n) is 9.49. The van der Waals surface area contributed by atoms with Crippen LogP contribution >= 0.6 is 0 Å². The zero-order valence-corrected chi connectivity index (χ0v) is 22.1. The number of nitrogens with one attached hydrogen (secondary N) is 2. The summed E-state index contributed by atoms with van der Waals surface area (Å²) in [5, 5.41) is 6.13. The van der Waals surface area contributed by atoms with Crippen LogP contribution < -0.4 is 30.3 Å². The molecule has 1 aliphatic carbocycles. The highest BCUT2D eigenvalue weighted by Crippen LogP contribution is 2.50. The molecule has 4 rings (SSSR count). The molecule has 1 heterocycles. The Morgan fingerprint density at radius 1 is 1.03 bits per heavy atom. The van der Waals surface area contributed by atoms with E-state index in [4.69, 9.17) is 14.2 Å². The first kappa shape index (κ1) is 26.3. The molecule has 0 radical (unpaired) electrons. The Hall–Kier alpha value is -3.75. The molecule has 2 amide bonds. The zero-order valence-electron chi connectivity index (χ0n) is 22.1. The highest BCUT2D eigenvalue weighted by atomic mass is 16.5. The number of methoxy groups -OCH3 is 3. The predicted octanol–water partition coefficient (Wildman–Crippen LogP) is 3.29. The van der Waals surface area contributed by atoms with Crippen molar-refractivity contribution in [2.45, 2.75) is 51.6 Å². The number of hydrogen-bond acceptors (Lipinski definition) is 7. The minimum Gasteiger partial charge on any atom is -0.493 e. The van der Waals surface area contributed by atoms with Crippen molar-refractivity contribution in [2.24, 2.45) is 0 Å². The lowest BCUT2D eigenvalue weighted by molar-refractivity contribution is -0.130. The van der Waals surface area contributed by atoms with Gasteiger partial charge in [-0.3, -0.25) is 14.4 Å². The van der Waals surface area contributed by atoms with Gasteiger partial charge in [0.15, 0.2) is 11.5 Å². The predicted molar refractivity (Wildman–Crippen MR) is 142 cm³/mol. The Labute approximate surface area is 217 Å². The first-order chi connectivity index (χ1) is 17.8. The van der Waals surface area contributed by atoms with Crippen molar-refractivity contribution in [2.75, 3.05) is 39.7 Å². The number of benzene rings is 1. The first-order valence-electron chi connectivity index (χ1n) is 12.6. The van der Waals surface area contributed by atoms with E-state index in [1.165, 1.54) is 6.92 Å². The number of carbonyl (C=O) groups excluding carboxylic acids is 2. The summed E-state index contributed by atoms with van der Waals surface area (Å²) < 4.78 is 17.0. The normalized spacial score (nSPS) is 17.1. The summed E-state index contributed by atoms with van der Waals surface area (Å²) in [5.74, 6) is 1.27. The van der Waals surface area contributed by atoms with Gasteiger partial charge in [-0.15, -0.1) is 0 Å². The standard InChI is InChI=1S/C28H35N3O6/c1-16(28(34)31-12-6-7-13-31)29-22-11-9-19-20(15-23(22)33)21(30-17(2)32)10-8-18-14-24(35-3)26(36-4)27(37-5)25(18)19/h9,11,14-16,21H,6-8,10,12-13H2,1-5H3,(H,29,33)(H,30,32)/t16-,21-/m0/s1. The number of likely N-dealkylation sites (tertiary alicyclic amines) is 1. The van der Waals surface area contributed by atoms with E-state index >= 15 is 0 Å². The number of fused-ring (bicyclic) bond motifs is 3. The molecule has 1 saturated heterocycles. The van der Waals surface area contributed by atoms with Gasteiger partial charge in [0.2, 0.25) is 23.0 Å². The van der Waals surface area contributed by atoms with Crippen LogP contribution in [-0.4, -0.2) is 57.2 Å². The molecular weight excluding hydrogens is 474 g/mol. The summed E-state index contributed by atoms with van der Waals surface area (Å²) in [7, 11) is 4.68. The Kier molecular flexibility index (Phi) is 7.90. The third kappa shape index (κ3) is 5.21. The van der Waals surface area contributed by atoms with Crippen LogP contribution in [-0.2, 0) is 16.0 Å². The number of hydrogen-bond donors (Lipinski definition) is 2. The van der Waals surface area contributed by atoms with Gasteiger partial charge >= 0.3 is 0 Å². The Balaban J connectivity index is 1.87. The van der Waals surface area contributed by atoms with Crippen molar-refractivity contribution in [3.63, 3.8) is 0 Å². The van der Waals surface area contributed by atoms with Crippen LogP contribution in [0.25, 0.3) is 11.1 Å². The van der Waals surface area contributed by atoms with Crippen LogP contribution in [0.3, 0.4) is 0 Å². The molecule has 0 bridgehead atoms. The lowest BCUT2D eigenvalue weighted by Crippen LogP contribution is -2.40. The van der Waals surface area contributed by atoms with Gasteiger partial charge in [-0.1, -0.05) is 6.07 Å². The van der Waals surface area contributed by atoms with E-state index in [1.807, 2.05) is 17.0 Å². The van der Waals surface area contributed by atoms with Crippen LogP contribution in [0, 0.1) is 0 Å². The van der Waals surface area contributed by atoms with E-state index in [2.05, 4.69) is 10.6 Å². The number of aryl methyl sites for hydroxylation is 1. The van der Waals surface area contributed by atoms with E-state index in [0.29, 0.717) is 41.3 Å². The maximum atomic E-state index is 13.4. The molecule has 2 aromatic rings. The quantitative estimate of drug-likeness (QED) is 0.590. The molecule has 2 aliphatic rings. The van der Waals surface area contributed by atoms with Crippen molar-refractivity contribution in [1.82, 2.24) is 10.2 Å². The lowest BCUT2D eigenvalue weighted by atomic mass is 9.95. The van der Waals surface area contributed by atoms with Gasteiger partial charge in [0.05, 0.1) is 33.1 Å². The summed E-state index contributed by atoms with van der Waals surface area (Å²) >= 11 is 0. The van der Waals surface area contributed by atoms with Crippen LogP contribution in [0.5, 0.6) is 17.2 Å². The highest BCUT2D eigenvalue weighted by molar-refractivity contribution is 5.86. The topological polar surface area (TPSA) is 106 Å². The van der Waals surface area contributed by atoms with Crippen molar-refractivity contribution in [1.29, 1.82) is 0 Å². The minimum absolute atomic E-state index is 0.0232. The first-order valence-corrected chi connectivity index (χ1v) is 12.6. The zero-order chi connectivity index (χ0) is 26.7. The molecule has 9 heteroatoms. The highest BCUT2D eigenvalue weighted by Gasteiger charge is 2.30. The SMILES string of the molecule is COc1cc2c(c(OC)c1OC)-c1ccc(N[C@@H](C)C(=O)N3CCCC3)c(=O)cc1[C@@H](NC(C)=O)CC2. The van der Waals surface area contributed by atoms with Gasteiger partial charge in [0.1, 0.15) is 6.04 Å². The average molecular weight is 510 g/mol. The number of anilines is 1. The smallest absolute Gasteiger partial charge is 0.244 e. The molecule has 2 aromatic carbocycles. The third-order valence-electron chi connectivity index (χ3n) is 7.08. The molecule has 1 fully saturated rings. The second kappa shape index (κ2) is 11.1. The molecule has 198 valence electrons. The fraction of sp³-hybridized carbons (Fsp3) is 0.464. The Morgan fingerprint density at radius 3 is 2.35 bits per heavy atom. The van der Waals surface area contributed by atoms with Gasteiger partial charge in [-0.05, 0) is 67.5 Å². The molecule has 0 spiro atoms. The molecule has 0 saturated carbocycles. The average Bonchev–Trinajstić information content (AvgIpc) is 3.33. The summed E-state index contributed by atoms with van der Waals surface area (Å²) in [6.45, 7) is 4.72. The molecule has 2 atom stereocenters. The fourth-order valence-corrected chi connectivity index (χ4v) is 5.33. The monoisotopic (exact) mass is 509 g/mol. The number of ether oxygens (including phenoxy) is 3. The molecule has 0 aromatic heterocycles. The maximum absolute atomic E-state index is 13.4. The summed E-state index contributed by atoms with van der Waals surface area (Å²) in [6, 6.07) is 6.07. The molecule has 37 heavy (non-hydrogen) atoms. The third-order valence-corrected chi connectivity index (χ3v) is 7.08. The van der Waals surface area contributed by atoms with Gasteiger partial charge in [-0.2, -0.15) is 0 Å². The van der Waals surface area contributed by atoms with Gasteiger partial charge in [0.25, 0.3) is 0 Å². The maximum Gasteiger partial charge on any atom is 0.244 e. The summed E-state index contributed by atoms with van der Waals surface area (Å²) in [4.78, 5) is 40.2. The minimum atomic E-state index is -0.551. The fourth-order valence-electron chi connectivity index (χ4n) is 5.33. The van der Waals surface area contributed by atoms with Crippen LogP contribution in [0.1, 0.15) is 50.3 Å². The van der Waals surface area contributed by atoms with Crippen LogP contribution in [0.15, 0.2) is 29.1 Å². The van der Waals surface area contributed by atoms with Crippen molar-refractivity contribution < 1.29 is 23.8 Å². The summed E-state index contributed by atoms with van der Waals surface area (Å²) in [5.41, 5.74) is 3.21. The molecular formula is C28H35N3O6. The van der Waals surface area contributed by atoms with Crippen molar-refractivity contribution >= 4 is 17.5 Å². The van der Waals surface area contributed by atoms with Crippen molar-refractivity contribution in [3.05, 3.63) is 45.6 Å². The van der Waals surface area contributed by atoms with E-state index in [-0.39, 0.29) is 17.2 Å². The van der Waals surface area contributed by atoms with E-state index in [9.17, 15) is 14.4 Å². The lowest BCUT2D eigenvalue weighted by Gasteiger charge is -2.21. The molecule has 1 aliphatic heterocycles. The van der Waals surface area contributed by atoms with Crippen LogP contribution in [0.4, 0.5) is 5.69 Å². The molecule has 2 N–H and O–H groups in total. The number of rotatable bonds is 7. The second-order valence-corrected chi connectivity index (χ2v) is 9.49. The van der Waals surface area contributed by atoms with Crippen LogP contribution in [0.2, 0.25) is 0 Å². The van der Waals surface area contributed by atoms with E-state index in [0.717, 1.165) is 42.6 Å². The Morgan fingerprint density at radius 2 is 1.73 bits per heavy atom. The van der Waals surface area contributed by atoms with Crippen molar-refractivity contribution in [3.8, 4) is 28.4 Å². The molecule has 9 nitrogen and oxygen atoms in total. The van der Waals surface area contributed by atoms with Gasteiger partial charge < -0.3 is 29.7 Å². The number of nitrogens with zero attached hydrogens (tertiary/aromatic N) is 1. The molecule has 0 unspecified atom stereocenters. The van der Waals surface area contributed by atoms with Gasteiger partial charge in [0, 0.05) is 25.6 Å². The largest absolute Gasteiger partial charge is 0.493 e. The number of carbonyl (C=O) groups is 2. The van der Waals surface area contributed by atoms with E-state index in [1.54, 1.807) is 40.4 Å². The number of amides is 2. The summed E-state index contributed by atoms with van der Waals surface area (Å²) in [6.07, 6.45) is 3.20. The van der Waals surface area contributed by atoms with E-state index < -0.39 is 12.1 Å². The Bertz CT molecular complexity index is 1260.